The molecule has 0 saturated heterocycles. The van der Waals surface area contributed by atoms with Crippen LogP contribution in [0.5, 0.6) is 0 Å². The lowest BCUT2D eigenvalue weighted by Gasteiger charge is -2.19. The lowest BCUT2D eigenvalue weighted by atomic mass is 10.1. The molecule has 1 aromatic carbocycles. The van der Waals surface area contributed by atoms with E-state index in [9.17, 15) is 0 Å². The summed E-state index contributed by atoms with van der Waals surface area (Å²) in [6.07, 6.45) is 1.47. The van der Waals surface area contributed by atoms with Crippen molar-refractivity contribution in [3.63, 3.8) is 0 Å². The second-order valence-electron chi connectivity index (χ2n) is 4.10. The minimum absolute atomic E-state index is 0.450. The molecule has 0 radical (unpaired) electrons. The second-order valence-corrected chi connectivity index (χ2v) is 4.49. The topological polar surface area (TPSA) is 29.0 Å². The molecule has 2 rings (SSSR count). The van der Waals surface area contributed by atoms with Crippen LogP contribution in [-0.2, 0) is 0 Å². The molecular weight excluding hydrogens is 234 g/mol. The zero-order chi connectivity index (χ0) is 12.4. The number of hydrogen-bond donors (Lipinski definition) is 0. The summed E-state index contributed by atoms with van der Waals surface area (Å²) in [7, 11) is 1.97. The fourth-order valence-corrected chi connectivity index (χ4v) is 1.93. The second kappa shape index (κ2) is 4.72. The summed E-state index contributed by atoms with van der Waals surface area (Å²) in [4.78, 5) is 10.1. The van der Waals surface area contributed by atoms with Gasteiger partial charge in [-0.15, -0.1) is 0 Å². The Kier molecular flexibility index (Phi) is 3.29. The molecule has 0 aliphatic rings. The van der Waals surface area contributed by atoms with Gasteiger partial charge in [0.15, 0.2) is 0 Å². The number of rotatable bonds is 2. The van der Waals surface area contributed by atoms with E-state index in [4.69, 9.17) is 11.6 Å². The van der Waals surface area contributed by atoms with Gasteiger partial charge in [-0.05, 0) is 37.1 Å². The van der Waals surface area contributed by atoms with Gasteiger partial charge in [0.05, 0.1) is 0 Å². The van der Waals surface area contributed by atoms with Gasteiger partial charge in [0.25, 0.3) is 0 Å². The number of halogens is 1. The maximum absolute atomic E-state index is 5.86. The molecule has 3 nitrogen and oxygen atoms in total. The lowest BCUT2D eigenvalue weighted by molar-refractivity contribution is 1.08. The minimum atomic E-state index is 0.450. The van der Waals surface area contributed by atoms with Crippen LogP contribution in [0.25, 0.3) is 0 Å². The van der Waals surface area contributed by atoms with Gasteiger partial charge in [-0.2, -0.15) is 0 Å². The Labute approximate surface area is 106 Å². The van der Waals surface area contributed by atoms with Gasteiger partial charge in [0.2, 0.25) is 0 Å². The van der Waals surface area contributed by atoms with Gasteiger partial charge < -0.3 is 4.90 Å². The van der Waals surface area contributed by atoms with Crippen molar-refractivity contribution >= 4 is 23.1 Å². The largest absolute Gasteiger partial charge is 0.329 e. The van der Waals surface area contributed by atoms with E-state index < -0.39 is 0 Å². The van der Waals surface area contributed by atoms with Crippen molar-refractivity contribution < 1.29 is 0 Å². The predicted octanol–water partition coefficient (Wildman–Crippen LogP) is 3.51. The van der Waals surface area contributed by atoms with Gasteiger partial charge in [-0.25, -0.2) is 9.97 Å². The van der Waals surface area contributed by atoms with E-state index in [-0.39, 0.29) is 0 Å². The third kappa shape index (κ3) is 2.74. The number of anilines is 2. The Morgan fingerprint density at radius 1 is 1.00 bits per heavy atom. The third-order valence-electron chi connectivity index (χ3n) is 2.56. The molecule has 2 aromatic rings. The number of nitrogens with zero attached hydrogens (tertiary/aromatic N) is 3. The van der Waals surface area contributed by atoms with Crippen molar-refractivity contribution in [2.75, 3.05) is 11.9 Å². The van der Waals surface area contributed by atoms with Crippen molar-refractivity contribution in [3.05, 3.63) is 46.9 Å². The van der Waals surface area contributed by atoms with Crippen LogP contribution >= 0.6 is 11.6 Å². The predicted molar refractivity (Wildman–Crippen MR) is 71.0 cm³/mol. The van der Waals surface area contributed by atoms with Crippen molar-refractivity contribution in [3.8, 4) is 0 Å². The van der Waals surface area contributed by atoms with Crippen molar-refractivity contribution in [2.45, 2.75) is 13.8 Å². The highest BCUT2D eigenvalue weighted by molar-refractivity contribution is 6.29. The zero-order valence-electron chi connectivity index (χ0n) is 10.1. The summed E-state index contributed by atoms with van der Waals surface area (Å²) in [5.74, 6) is 0.787. The summed E-state index contributed by atoms with van der Waals surface area (Å²) in [5.41, 5.74) is 3.55. The van der Waals surface area contributed by atoms with Crippen LogP contribution in [0.3, 0.4) is 0 Å². The molecule has 4 heteroatoms. The highest BCUT2D eigenvalue weighted by Gasteiger charge is 2.07. The molecule has 88 valence electrons. The SMILES string of the molecule is Cc1cc(C)cc(N(C)c2cc(Cl)ncn2)c1. The molecule has 0 amide bonds. The van der Waals surface area contributed by atoms with Gasteiger partial charge in [0, 0.05) is 18.8 Å². The first kappa shape index (κ1) is 11.9. The molecule has 1 heterocycles. The summed E-state index contributed by atoms with van der Waals surface area (Å²) < 4.78 is 0. The standard InChI is InChI=1S/C13H14ClN3/c1-9-4-10(2)6-11(5-9)17(3)13-7-12(14)15-8-16-13/h4-8H,1-3H3. The normalized spacial score (nSPS) is 10.4. The van der Waals surface area contributed by atoms with E-state index in [1.54, 1.807) is 6.07 Å². The van der Waals surface area contributed by atoms with Crippen LogP contribution in [0, 0.1) is 13.8 Å². The molecule has 0 N–H and O–H groups in total. The number of aromatic nitrogens is 2. The Morgan fingerprint density at radius 2 is 1.65 bits per heavy atom. The first-order valence-electron chi connectivity index (χ1n) is 5.36. The van der Waals surface area contributed by atoms with Gasteiger partial charge in [0.1, 0.15) is 17.3 Å². The van der Waals surface area contributed by atoms with E-state index >= 15 is 0 Å². The maximum Gasteiger partial charge on any atom is 0.137 e. The number of aryl methyl sites for hydroxylation is 2. The molecular formula is C13H14ClN3. The molecule has 0 bridgehead atoms. The molecule has 1 aromatic heterocycles. The molecule has 0 fully saturated rings. The first-order chi connectivity index (χ1) is 8.06. The Hall–Kier alpha value is -1.61. The van der Waals surface area contributed by atoms with Crippen LogP contribution in [0.1, 0.15) is 11.1 Å². The molecule has 0 saturated carbocycles. The van der Waals surface area contributed by atoms with Crippen LogP contribution in [0.2, 0.25) is 5.15 Å². The summed E-state index contributed by atoms with van der Waals surface area (Å²) in [6, 6.07) is 8.12. The third-order valence-corrected chi connectivity index (χ3v) is 2.76. The quantitative estimate of drug-likeness (QED) is 0.761. The van der Waals surface area contributed by atoms with Gasteiger partial charge in [-0.3, -0.25) is 0 Å². The monoisotopic (exact) mass is 247 g/mol. The van der Waals surface area contributed by atoms with Crippen molar-refractivity contribution in [1.82, 2.24) is 9.97 Å². The van der Waals surface area contributed by atoms with Crippen LogP contribution < -0.4 is 4.90 Å². The minimum Gasteiger partial charge on any atom is -0.329 e. The van der Waals surface area contributed by atoms with Crippen LogP contribution in [0.4, 0.5) is 11.5 Å². The van der Waals surface area contributed by atoms with E-state index in [1.807, 2.05) is 11.9 Å². The highest BCUT2D eigenvalue weighted by atomic mass is 35.5. The fraction of sp³-hybridized carbons (Fsp3) is 0.231. The smallest absolute Gasteiger partial charge is 0.137 e. The summed E-state index contributed by atoms with van der Waals surface area (Å²) >= 11 is 5.86. The highest BCUT2D eigenvalue weighted by Crippen LogP contribution is 2.24. The molecule has 0 aliphatic carbocycles. The van der Waals surface area contributed by atoms with E-state index in [2.05, 4.69) is 42.0 Å². The molecule has 0 unspecified atom stereocenters. The first-order valence-corrected chi connectivity index (χ1v) is 5.73. The average Bonchev–Trinajstić information content (AvgIpc) is 2.26. The maximum atomic E-state index is 5.86. The Bertz CT molecular complexity index is 520. The zero-order valence-corrected chi connectivity index (χ0v) is 10.9. The van der Waals surface area contributed by atoms with E-state index in [1.165, 1.54) is 17.5 Å². The van der Waals surface area contributed by atoms with Crippen LogP contribution in [0.15, 0.2) is 30.6 Å². The summed E-state index contributed by atoms with van der Waals surface area (Å²) in [5, 5.41) is 0.450. The number of benzene rings is 1. The van der Waals surface area contributed by atoms with Crippen molar-refractivity contribution in [1.29, 1.82) is 0 Å². The fourth-order valence-electron chi connectivity index (χ4n) is 1.78. The molecule has 0 aliphatic heterocycles. The summed E-state index contributed by atoms with van der Waals surface area (Å²) in [6.45, 7) is 4.16. The molecule has 0 spiro atoms. The Balaban J connectivity index is 2.39. The van der Waals surface area contributed by atoms with Gasteiger partial charge >= 0.3 is 0 Å². The Morgan fingerprint density at radius 3 is 2.24 bits per heavy atom. The van der Waals surface area contributed by atoms with Crippen molar-refractivity contribution in [2.24, 2.45) is 0 Å². The average molecular weight is 248 g/mol. The molecule has 17 heavy (non-hydrogen) atoms. The lowest BCUT2D eigenvalue weighted by Crippen LogP contribution is -2.11. The van der Waals surface area contributed by atoms with E-state index in [0.29, 0.717) is 5.15 Å². The molecule has 0 atom stereocenters. The van der Waals surface area contributed by atoms with Crippen LogP contribution in [-0.4, -0.2) is 17.0 Å². The number of hydrogen-bond acceptors (Lipinski definition) is 3. The van der Waals surface area contributed by atoms with E-state index in [0.717, 1.165) is 11.5 Å². The van der Waals surface area contributed by atoms with Gasteiger partial charge in [-0.1, -0.05) is 17.7 Å².